The largest absolute Gasteiger partial charge is 0.487 e. The number of fused-ring (bicyclic) bond motifs is 2. The molecule has 113 heavy (non-hydrogen) atoms. The van der Waals surface area contributed by atoms with Gasteiger partial charge in [-0.05, 0) is 158 Å². The summed E-state index contributed by atoms with van der Waals surface area (Å²) < 4.78 is 35.1. The molecule has 8 N–H and O–H groups in total. The first-order valence-electron chi connectivity index (χ1n) is 39.3. The van der Waals surface area contributed by atoms with E-state index in [4.69, 9.17) is 4.74 Å². The van der Waals surface area contributed by atoms with Crippen LogP contribution in [0.5, 0.6) is 5.75 Å². The zero-order chi connectivity index (χ0) is 81.2. The lowest BCUT2D eigenvalue weighted by Crippen LogP contribution is -2.60. The van der Waals surface area contributed by atoms with Crippen LogP contribution in [0.1, 0.15) is 146 Å². The second-order valence-corrected chi connectivity index (χ2v) is 35.6. The predicted octanol–water partition coefficient (Wildman–Crippen LogP) is 7.06. The molecule has 2 saturated heterocycles. The number of carbonyl (C=O) groups is 10. The third-order valence-corrected chi connectivity index (χ3v) is 24.7. The van der Waals surface area contributed by atoms with Crippen molar-refractivity contribution in [3.63, 3.8) is 0 Å². The average Bonchev–Trinajstić information content (AvgIpc) is 1.66. The summed E-state index contributed by atoms with van der Waals surface area (Å²) in [5.74, 6) is -8.25. The lowest BCUT2D eigenvalue weighted by Gasteiger charge is -2.36. The van der Waals surface area contributed by atoms with Crippen molar-refractivity contribution in [3.05, 3.63) is 173 Å². The zero-order valence-corrected chi connectivity index (χ0v) is 67.0. The molecule has 12 atom stereocenters. The molecule has 0 unspecified atom stereocenters. The van der Waals surface area contributed by atoms with Gasteiger partial charge in [0.25, 0.3) is 0 Å². The molecule has 6 aromatic carbocycles. The van der Waals surface area contributed by atoms with Crippen LogP contribution in [0.2, 0.25) is 0 Å². The van der Waals surface area contributed by atoms with Crippen molar-refractivity contribution in [2.45, 2.75) is 211 Å². The number of nitrogens with one attached hydrogen (secondary N) is 7. The third kappa shape index (κ3) is 21.5. The van der Waals surface area contributed by atoms with Crippen LogP contribution in [0.15, 0.2) is 140 Å². The molecule has 7 heterocycles. The highest BCUT2D eigenvalue weighted by atomic mass is 32.2. The maximum absolute atomic E-state index is 15.6. The third-order valence-electron chi connectivity index (χ3n) is 22.5. The van der Waals surface area contributed by atoms with Crippen molar-refractivity contribution in [1.82, 2.24) is 62.0 Å². The highest BCUT2D eigenvalue weighted by Gasteiger charge is 2.49. The molecule has 0 spiro atoms. The lowest BCUT2D eigenvalue weighted by atomic mass is 9.85. The van der Waals surface area contributed by atoms with Gasteiger partial charge in [-0.2, -0.15) is 0 Å². The smallest absolute Gasteiger partial charge is 0.326 e. The molecular formula is C86H108N12O14S. The van der Waals surface area contributed by atoms with Crippen LogP contribution < -0.4 is 42.0 Å². The van der Waals surface area contributed by atoms with E-state index in [-0.39, 0.29) is 70.6 Å². The number of likely N-dealkylation sites (N-methyl/N-ethyl adjacent to an activating group) is 2. The Morgan fingerprint density at radius 2 is 1.12 bits per heavy atom. The molecule has 26 nitrogen and oxygen atoms in total. The minimum absolute atomic E-state index is 0.0292. The number of rotatable bonds is 17. The van der Waals surface area contributed by atoms with Gasteiger partial charge in [0.05, 0.1) is 41.7 Å². The number of carboxylic acids is 1. The predicted molar refractivity (Wildman–Crippen MR) is 428 cm³/mol. The fourth-order valence-electron chi connectivity index (χ4n) is 15.3. The van der Waals surface area contributed by atoms with E-state index < -0.39 is 157 Å². The van der Waals surface area contributed by atoms with Crippen LogP contribution in [0.25, 0.3) is 21.5 Å². The number of likely N-dealkylation sites (tertiary alicyclic amines) is 2. The topological polar surface area (TPSA) is 356 Å². The average molecular weight is 1570 g/mol. The van der Waals surface area contributed by atoms with Crippen molar-refractivity contribution in [2.24, 2.45) is 22.7 Å². The highest BCUT2D eigenvalue weighted by molar-refractivity contribution is 7.93. The molecule has 7 aliphatic rings. The van der Waals surface area contributed by atoms with E-state index in [1.54, 1.807) is 84.1 Å². The van der Waals surface area contributed by atoms with Gasteiger partial charge in [-0.25, -0.2) is 17.9 Å². The lowest BCUT2D eigenvalue weighted by molar-refractivity contribution is -0.145. The Balaban J connectivity index is 0.929. The molecule has 10 bridgehead atoms. The number of benzene rings is 6. The van der Waals surface area contributed by atoms with E-state index in [1.165, 1.54) is 9.58 Å². The van der Waals surface area contributed by atoms with Gasteiger partial charge in [-0.1, -0.05) is 175 Å². The number of hydrogen-bond donors (Lipinski definition) is 8. The fourth-order valence-corrected chi connectivity index (χ4v) is 17.0. The van der Waals surface area contributed by atoms with E-state index in [9.17, 15) is 37.5 Å². The number of sulfone groups is 1. The summed E-state index contributed by atoms with van der Waals surface area (Å²) in [5.41, 5.74) is 2.11. The van der Waals surface area contributed by atoms with Gasteiger partial charge >= 0.3 is 5.97 Å². The number of ketones is 2. The molecule has 1 saturated carbocycles. The minimum Gasteiger partial charge on any atom is -0.487 e. The van der Waals surface area contributed by atoms with Crippen molar-refractivity contribution >= 4 is 90.3 Å². The van der Waals surface area contributed by atoms with Gasteiger partial charge in [-0.3, -0.25) is 43.2 Å². The first-order chi connectivity index (χ1) is 53.7. The standard InChI is InChI=1S/C86H108N12O14S/c1-51(87-9)77(101)92-75(85(3,4)5)82(106)96-46-58-18-12-11-17-53-23-25-54(26-24-53)41-70(84(108)109)91-80(104)69(42-57-28-32-60-20-14-16-22-62(60)38-57)90-81(105)72-45-65(48-97(72)83(107)76(86(6,7)8)93-78(102)52(2)88-10)98-47-64(94-95-98)49-112-66-33-29-55(30-34-66)40-68(74(100)50-113(110,111)67-35-36-67)89-79(103)63(44-73(99)71(96)43-58)39-56-27-31-59-19-13-15-21-61(59)37-56/h13-16,19-34,37-38,47,51-52,58,63,65,67-72,75-76,87-88H,11-12,17-18,35-36,39-46,48-50H2,1-10H3,(H,89,103)(H,90,105)(H,91,104)(H,92,101)(H,93,102)(H,108,109)/t51-,52-,58-,63+,65-,68-,69-,70-,71-,72-,75+,76+/m0/s1. The zero-order valence-electron chi connectivity index (χ0n) is 66.2. The number of nitrogens with zero attached hydrogens (tertiary/aromatic N) is 5. The van der Waals surface area contributed by atoms with Crippen molar-refractivity contribution in [3.8, 4) is 5.75 Å². The van der Waals surface area contributed by atoms with Crippen LogP contribution in [0.3, 0.4) is 0 Å². The molecule has 1 aromatic heterocycles. The summed E-state index contributed by atoms with van der Waals surface area (Å²) in [4.78, 5) is 150. The Hall–Kier alpha value is -10.3. The molecule has 7 aromatic rings. The number of Topliss-reactive ketones (excluding diaryl/α,β-unsaturated/α-hetero) is 2. The molecule has 1 aliphatic carbocycles. The number of carboxylic acid groups (broad SMARTS) is 1. The summed E-state index contributed by atoms with van der Waals surface area (Å²) in [6.07, 6.45) is 4.61. The summed E-state index contributed by atoms with van der Waals surface area (Å²) in [6, 6.07) is 30.1. The Labute approximate surface area is 660 Å². The van der Waals surface area contributed by atoms with E-state index in [0.29, 0.717) is 66.7 Å². The monoisotopic (exact) mass is 1560 g/mol. The minimum atomic E-state index is -3.89. The van der Waals surface area contributed by atoms with E-state index >= 15 is 24.0 Å². The fraction of sp³-hybridized carbons (Fsp3) is 0.488. The first kappa shape index (κ1) is 83.7. The van der Waals surface area contributed by atoms with Crippen molar-refractivity contribution in [2.75, 3.05) is 32.9 Å². The van der Waals surface area contributed by atoms with Gasteiger partial charge < -0.3 is 56.9 Å². The van der Waals surface area contributed by atoms with Crippen LogP contribution in [0.4, 0.5) is 0 Å². The second-order valence-electron chi connectivity index (χ2n) is 33.4. The number of aliphatic carboxylic acids is 1. The normalized spacial score (nSPS) is 22.6. The summed E-state index contributed by atoms with van der Waals surface area (Å²) >= 11 is 0. The van der Waals surface area contributed by atoms with Gasteiger partial charge in [0.2, 0.25) is 41.4 Å². The SMILES string of the molecule is CN[C@@H](C)C(=O)N[C@H](C(=O)N1C[C@H]2CCCCc3ccc(cc3)C[C@@H](C(=O)O)NC(=O)[C@H](Cc3ccc4ccccc4c3)NC(=O)[C@@H]3C[C@@H](CN3C(=O)[C@@H](NC(=O)[C@H](C)NC)C(C)(C)C)n3cc(nn3)COc3ccc(cc3)C[C@@H](C(=O)CS(=O)(=O)C3CC3)NC(=O)[C@H](Cc3ccc4ccccc4c3)CC(=O)[C@@H]1C2)C(C)(C)C. The molecular weight excluding hydrogens is 1460 g/mol. The molecule has 7 amide bonds. The van der Waals surface area contributed by atoms with Gasteiger partial charge in [0, 0.05) is 44.7 Å². The molecule has 0 radical (unpaired) electrons. The van der Waals surface area contributed by atoms with Crippen molar-refractivity contribution < 1.29 is 66.2 Å². The first-order valence-corrected chi connectivity index (χ1v) is 41.1. The van der Waals surface area contributed by atoms with E-state index in [2.05, 4.69) is 47.5 Å². The Bertz CT molecular complexity index is 4760. The maximum Gasteiger partial charge on any atom is 0.326 e. The number of aryl methyl sites for hydroxylation is 1. The summed E-state index contributed by atoms with van der Waals surface area (Å²) in [5, 5.41) is 43.0. The van der Waals surface area contributed by atoms with Crippen LogP contribution in [-0.2, 0) is 96.5 Å². The summed E-state index contributed by atoms with van der Waals surface area (Å²) in [6.45, 7) is 14.2. The molecule has 6 aliphatic heterocycles. The number of aromatic nitrogens is 3. The Morgan fingerprint density at radius 3 is 1.68 bits per heavy atom. The molecule has 3 fully saturated rings. The van der Waals surface area contributed by atoms with E-state index in [1.807, 2.05) is 130 Å². The number of hydrogen-bond acceptors (Lipinski definition) is 17. The van der Waals surface area contributed by atoms with Crippen molar-refractivity contribution in [1.29, 1.82) is 0 Å². The Kier molecular flexibility index (Phi) is 26.9. The summed E-state index contributed by atoms with van der Waals surface area (Å²) in [7, 11) is -0.634. The molecule has 602 valence electrons. The highest BCUT2D eigenvalue weighted by Crippen LogP contribution is 2.36. The number of ether oxygens (including phenoxy) is 1. The molecule has 14 rings (SSSR count). The van der Waals surface area contributed by atoms with Gasteiger partial charge in [0.15, 0.2) is 21.4 Å². The molecule has 27 heteroatoms. The number of carbonyl (C=O) groups excluding carboxylic acids is 9. The van der Waals surface area contributed by atoms with E-state index in [0.717, 1.165) is 32.7 Å². The van der Waals surface area contributed by atoms with Crippen LogP contribution in [-0.4, -0.2) is 190 Å². The second kappa shape index (κ2) is 36.3. The van der Waals surface area contributed by atoms with Crippen LogP contribution >= 0.6 is 0 Å². The van der Waals surface area contributed by atoms with Gasteiger partial charge in [-0.15, -0.1) is 5.10 Å². The van der Waals surface area contributed by atoms with Crippen LogP contribution in [0, 0.1) is 22.7 Å². The maximum atomic E-state index is 15.6. The number of amides is 7. The quantitative estimate of drug-likeness (QED) is 0.0452. The van der Waals surface area contributed by atoms with Gasteiger partial charge in [0.1, 0.15) is 54.0 Å². The Morgan fingerprint density at radius 1 is 0.593 bits per heavy atom.